The first-order valence-corrected chi connectivity index (χ1v) is 8.41. The number of nitrogens with two attached hydrogens (primary N) is 1. The van der Waals surface area contributed by atoms with Crippen molar-refractivity contribution in [3.05, 3.63) is 24.3 Å². The number of benzene rings is 1. The molecule has 2 unspecified atom stereocenters. The van der Waals surface area contributed by atoms with Crippen LogP contribution in [0.4, 0.5) is 11.4 Å². The smallest absolute Gasteiger partial charge is 0.229 e. The maximum Gasteiger partial charge on any atom is 0.229 e. The molecule has 1 aromatic carbocycles. The summed E-state index contributed by atoms with van der Waals surface area (Å²) >= 11 is 0. The number of hydrogen-bond acceptors (Lipinski definition) is 4. The van der Waals surface area contributed by atoms with E-state index < -0.39 is 10.0 Å². The normalized spacial score (nSPS) is 23.3. The van der Waals surface area contributed by atoms with Crippen molar-refractivity contribution < 1.29 is 8.42 Å². The highest BCUT2D eigenvalue weighted by molar-refractivity contribution is 7.92. The summed E-state index contributed by atoms with van der Waals surface area (Å²) in [5.41, 5.74) is 7.27. The summed E-state index contributed by atoms with van der Waals surface area (Å²) in [6, 6.07) is 7.72. The van der Waals surface area contributed by atoms with Gasteiger partial charge in [-0.3, -0.25) is 4.72 Å². The average molecular weight is 283 g/mol. The average Bonchev–Trinajstić information content (AvgIpc) is 2.74. The molecule has 1 aromatic rings. The minimum absolute atomic E-state index is 0.387. The van der Waals surface area contributed by atoms with Crippen molar-refractivity contribution in [2.45, 2.75) is 25.3 Å². The van der Waals surface area contributed by atoms with Gasteiger partial charge in [0.25, 0.3) is 0 Å². The molecule has 0 spiro atoms. The second-order valence-electron chi connectivity index (χ2n) is 5.13. The second-order valence-corrected chi connectivity index (χ2v) is 6.88. The molecule has 6 heteroatoms. The molecule has 1 aliphatic carbocycles. The Morgan fingerprint density at radius 2 is 2.05 bits per heavy atom. The molecule has 2 atom stereocenters. The molecular weight excluding hydrogens is 262 g/mol. The van der Waals surface area contributed by atoms with Gasteiger partial charge in [-0.05, 0) is 43.5 Å². The molecule has 0 aromatic heterocycles. The van der Waals surface area contributed by atoms with Crippen LogP contribution in [0.1, 0.15) is 19.3 Å². The molecule has 0 bridgehead atoms. The van der Waals surface area contributed by atoms with Gasteiger partial charge < -0.3 is 11.1 Å². The van der Waals surface area contributed by atoms with Crippen molar-refractivity contribution in [3.8, 4) is 0 Å². The number of nitrogens with one attached hydrogen (secondary N) is 2. The van der Waals surface area contributed by atoms with Crippen LogP contribution in [0.25, 0.3) is 0 Å². The van der Waals surface area contributed by atoms with E-state index in [1.54, 1.807) is 6.07 Å². The molecule has 0 amide bonds. The maximum atomic E-state index is 11.2. The molecule has 1 fully saturated rings. The first kappa shape index (κ1) is 14.1. The monoisotopic (exact) mass is 283 g/mol. The third kappa shape index (κ3) is 4.11. The van der Waals surface area contributed by atoms with Gasteiger partial charge >= 0.3 is 0 Å². The molecule has 5 nitrogen and oxygen atoms in total. The van der Waals surface area contributed by atoms with E-state index in [4.69, 9.17) is 5.73 Å². The van der Waals surface area contributed by atoms with Crippen molar-refractivity contribution >= 4 is 21.4 Å². The van der Waals surface area contributed by atoms with Crippen LogP contribution >= 0.6 is 0 Å². The Kier molecular flexibility index (Phi) is 4.31. The van der Waals surface area contributed by atoms with Gasteiger partial charge in [0.05, 0.1) is 11.9 Å². The van der Waals surface area contributed by atoms with Gasteiger partial charge in [0.2, 0.25) is 10.0 Å². The number of anilines is 2. The minimum atomic E-state index is -3.23. The Labute approximate surface area is 114 Å². The molecule has 1 aliphatic rings. The Hall–Kier alpha value is -1.27. The third-order valence-electron chi connectivity index (χ3n) is 3.48. The fourth-order valence-corrected chi connectivity index (χ4v) is 3.16. The first-order chi connectivity index (χ1) is 8.98. The van der Waals surface area contributed by atoms with Crippen LogP contribution in [0.15, 0.2) is 24.3 Å². The van der Waals surface area contributed by atoms with Crippen LogP contribution in [0, 0.1) is 5.92 Å². The highest BCUT2D eigenvalue weighted by atomic mass is 32.2. The Morgan fingerprint density at radius 3 is 2.74 bits per heavy atom. The molecule has 1 saturated carbocycles. The molecule has 4 N–H and O–H groups in total. The Balaban J connectivity index is 2.07. The Morgan fingerprint density at radius 1 is 1.32 bits per heavy atom. The lowest BCUT2D eigenvalue weighted by Gasteiger charge is -2.21. The molecule has 19 heavy (non-hydrogen) atoms. The summed E-state index contributed by atoms with van der Waals surface area (Å²) in [4.78, 5) is 0. The van der Waals surface area contributed by atoms with Gasteiger partial charge in [-0.15, -0.1) is 0 Å². The number of rotatable bonds is 5. The van der Waals surface area contributed by atoms with Crippen LogP contribution in [0.3, 0.4) is 0 Å². The lowest BCUT2D eigenvalue weighted by Crippen LogP contribution is -2.29. The number of sulfonamides is 1. The van der Waals surface area contributed by atoms with Gasteiger partial charge in [0, 0.05) is 11.7 Å². The van der Waals surface area contributed by atoms with E-state index in [-0.39, 0.29) is 0 Å². The van der Waals surface area contributed by atoms with Crippen molar-refractivity contribution in [3.63, 3.8) is 0 Å². The SMILES string of the molecule is CS(=O)(=O)Nc1cccc(NC2CCCC2CN)c1. The van der Waals surface area contributed by atoms with Crippen molar-refractivity contribution in [1.29, 1.82) is 0 Å². The van der Waals surface area contributed by atoms with Crippen LogP contribution in [0.5, 0.6) is 0 Å². The zero-order chi connectivity index (χ0) is 13.9. The van der Waals surface area contributed by atoms with Gasteiger partial charge in [0.15, 0.2) is 0 Å². The van der Waals surface area contributed by atoms with Gasteiger partial charge in [-0.25, -0.2) is 8.42 Å². The molecule has 2 rings (SSSR count). The van der Waals surface area contributed by atoms with Gasteiger partial charge in [-0.1, -0.05) is 12.5 Å². The van der Waals surface area contributed by atoms with E-state index in [0.29, 0.717) is 24.2 Å². The predicted octanol–water partition coefficient (Wildman–Crippen LogP) is 1.60. The van der Waals surface area contributed by atoms with Gasteiger partial charge in [0.1, 0.15) is 0 Å². The zero-order valence-electron chi connectivity index (χ0n) is 11.1. The fraction of sp³-hybridized carbons (Fsp3) is 0.538. The summed E-state index contributed by atoms with van der Waals surface area (Å²) in [6.45, 7) is 0.693. The first-order valence-electron chi connectivity index (χ1n) is 6.52. The van der Waals surface area contributed by atoms with E-state index in [0.717, 1.165) is 24.8 Å². The van der Waals surface area contributed by atoms with E-state index in [9.17, 15) is 8.42 Å². The highest BCUT2D eigenvalue weighted by Gasteiger charge is 2.25. The summed E-state index contributed by atoms with van der Waals surface area (Å²) < 4.78 is 24.9. The largest absolute Gasteiger partial charge is 0.382 e. The fourth-order valence-electron chi connectivity index (χ4n) is 2.61. The van der Waals surface area contributed by atoms with Gasteiger partial charge in [-0.2, -0.15) is 0 Å². The highest BCUT2D eigenvalue weighted by Crippen LogP contribution is 2.28. The molecule has 0 radical (unpaired) electrons. The van der Waals surface area contributed by atoms with Crippen molar-refractivity contribution in [2.24, 2.45) is 11.7 Å². The number of hydrogen-bond donors (Lipinski definition) is 3. The molecule has 0 aliphatic heterocycles. The molecular formula is C13H21N3O2S. The van der Waals surface area contributed by atoms with Crippen LogP contribution < -0.4 is 15.8 Å². The van der Waals surface area contributed by atoms with Crippen LogP contribution in [-0.4, -0.2) is 27.3 Å². The van der Waals surface area contributed by atoms with Crippen molar-refractivity contribution in [1.82, 2.24) is 0 Å². The second kappa shape index (κ2) is 5.79. The summed E-state index contributed by atoms with van der Waals surface area (Å²) in [5.74, 6) is 0.506. The van der Waals surface area contributed by atoms with Crippen molar-refractivity contribution in [2.75, 3.05) is 22.8 Å². The summed E-state index contributed by atoms with van der Waals surface area (Å²) in [6.07, 6.45) is 4.62. The van der Waals surface area contributed by atoms with E-state index in [2.05, 4.69) is 10.0 Å². The summed E-state index contributed by atoms with van der Waals surface area (Å²) in [5, 5.41) is 3.45. The predicted molar refractivity (Wildman–Crippen MR) is 78.7 cm³/mol. The third-order valence-corrected chi connectivity index (χ3v) is 4.09. The van der Waals surface area contributed by atoms with E-state index in [1.807, 2.05) is 18.2 Å². The van der Waals surface area contributed by atoms with Crippen LogP contribution in [0.2, 0.25) is 0 Å². The van der Waals surface area contributed by atoms with E-state index >= 15 is 0 Å². The molecule has 0 heterocycles. The zero-order valence-corrected chi connectivity index (χ0v) is 11.9. The standard InChI is InChI=1S/C13H21N3O2S/c1-19(17,18)16-12-6-3-5-11(8-12)15-13-7-2-4-10(13)9-14/h3,5-6,8,10,13,15-16H,2,4,7,9,14H2,1H3. The quantitative estimate of drug-likeness (QED) is 0.766. The molecule has 0 saturated heterocycles. The lowest BCUT2D eigenvalue weighted by atomic mass is 10.0. The lowest BCUT2D eigenvalue weighted by molar-refractivity contribution is 0.516. The van der Waals surface area contributed by atoms with Crippen LogP contribution in [-0.2, 0) is 10.0 Å². The minimum Gasteiger partial charge on any atom is -0.382 e. The topological polar surface area (TPSA) is 84.2 Å². The Bertz CT molecular complexity index is 530. The van der Waals surface area contributed by atoms with E-state index in [1.165, 1.54) is 6.42 Å². The molecule has 106 valence electrons. The maximum absolute atomic E-state index is 11.2. The summed E-state index contributed by atoms with van der Waals surface area (Å²) in [7, 11) is -3.23.